The number of unbranched alkanes of at least 4 members (excludes halogenated alkanes) is 3. The minimum absolute atomic E-state index is 0.267. The van der Waals surface area contributed by atoms with Gasteiger partial charge in [0, 0.05) is 0 Å². The number of aliphatic hydroxyl groups is 1. The molecular formula is C16H34OSn. The van der Waals surface area contributed by atoms with Crippen molar-refractivity contribution >= 4 is 18.4 Å². The molecule has 1 N–H and O–H groups in total. The summed E-state index contributed by atoms with van der Waals surface area (Å²) in [5, 5.41) is 9.34. The first kappa shape index (κ1) is 18.5. The molecule has 0 heterocycles. The molecule has 108 valence electrons. The second-order valence-corrected chi connectivity index (χ2v) is 18.7. The molecule has 0 saturated carbocycles. The van der Waals surface area contributed by atoms with Crippen LogP contribution in [0.5, 0.6) is 0 Å². The zero-order chi connectivity index (χ0) is 13.9. The first-order chi connectivity index (χ1) is 8.64. The van der Waals surface area contributed by atoms with Gasteiger partial charge in [0.25, 0.3) is 0 Å². The maximum atomic E-state index is 9.34. The molecule has 0 aliphatic heterocycles. The van der Waals surface area contributed by atoms with Gasteiger partial charge in [0.05, 0.1) is 0 Å². The van der Waals surface area contributed by atoms with Gasteiger partial charge in [-0.3, -0.25) is 0 Å². The molecule has 0 atom stereocenters. The van der Waals surface area contributed by atoms with Gasteiger partial charge in [-0.25, -0.2) is 0 Å². The van der Waals surface area contributed by atoms with Crippen LogP contribution in [0.2, 0.25) is 13.3 Å². The van der Waals surface area contributed by atoms with Gasteiger partial charge in [-0.15, -0.1) is 0 Å². The first-order valence-electron chi connectivity index (χ1n) is 7.93. The fourth-order valence-electron chi connectivity index (χ4n) is 2.75. The SMILES string of the molecule is CCC[CH2][Sn](/[CH]=C(\C)CO)([CH2]CCC)[CH2]CCC. The third-order valence-electron chi connectivity index (χ3n) is 3.89. The van der Waals surface area contributed by atoms with Gasteiger partial charge in [0.2, 0.25) is 0 Å². The van der Waals surface area contributed by atoms with E-state index >= 15 is 0 Å². The topological polar surface area (TPSA) is 20.2 Å². The Kier molecular flexibility index (Phi) is 11.6. The van der Waals surface area contributed by atoms with Gasteiger partial charge in [-0.1, -0.05) is 0 Å². The van der Waals surface area contributed by atoms with Crippen molar-refractivity contribution in [3.05, 3.63) is 9.67 Å². The summed E-state index contributed by atoms with van der Waals surface area (Å²) in [4.78, 5) is 0. The van der Waals surface area contributed by atoms with Crippen molar-refractivity contribution in [2.45, 2.75) is 79.5 Å². The molecule has 0 aliphatic carbocycles. The summed E-state index contributed by atoms with van der Waals surface area (Å²) in [6, 6.07) is 0. The maximum absolute atomic E-state index is 9.34. The van der Waals surface area contributed by atoms with E-state index in [1.807, 2.05) is 0 Å². The van der Waals surface area contributed by atoms with Crippen LogP contribution >= 0.6 is 0 Å². The first-order valence-corrected chi connectivity index (χ1v) is 15.6. The summed E-state index contributed by atoms with van der Waals surface area (Å²) in [6.07, 6.45) is 8.17. The Morgan fingerprint density at radius 2 is 1.28 bits per heavy atom. The van der Waals surface area contributed by atoms with E-state index < -0.39 is 18.4 Å². The van der Waals surface area contributed by atoms with Crippen molar-refractivity contribution in [1.82, 2.24) is 0 Å². The van der Waals surface area contributed by atoms with Crippen LogP contribution in [-0.4, -0.2) is 30.1 Å². The van der Waals surface area contributed by atoms with Crippen LogP contribution in [0.1, 0.15) is 66.2 Å². The van der Waals surface area contributed by atoms with Crippen molar-refractivity contribution in [2.24, 2.45) is 0 Å². The summed E-state index contributed by atoms with van der Waals surface area (Å²) in [5.74, 6) is 0. The van der Waals surface area contributed by atoms with E-state index in [0.29, 0.717) is 0 Å². The standard InChI is InChI=1S/C4H7O.3C4H9.Sn/c1-4(2)3-5;3*1-3-4-2;/h1,5H,3H2,2H3;3*1,3-4H2,2H3;. The molecule has 0 aliphatic rings. The molecule has 0 aromatic heterocycles. The van der Waals surface area contributed by atoms with E-state index in [9.17, 15) is 5.11 Å². The monoisotopic (exact) mass is 362 g/mol. The van der Waals surface area contributed by atoms with E-state index in [1.54, 1.807) is 0 Å². The van der Waals surface area contributed by atoms with E-state index in [-0.39, 0.29) is 6.61 Å². The van der Waals surface area contributed by atoms with Gasteiger partial charge in [0.15, 0.2) is 0 Å². The van der Waals surface area contributed by atoms with Gasteiger partial charge >= 0.3 is 119 Å². The molecule has 0 amide bonds. The molecule has 0 aromatic rings. The fraction of sp³-hybridized carbons (Fsp3) is 0.875. The Morgan fingerprint density at radius 3 is 1.56 bits per heavy atom. The van der Waals surface area contributed by atoms with Crippen LogP contribution in [0.25, 0.3) is 0 Å². The van der Waals surface area contributed by atoms with E-state index in [0.717, 1.165) is 0 Å². The van der Waals surface area contributed by atoms with Crippen LogP contribution in [0, 0.1) is 0 Å². The van der Waals surface area contributed by atoms with Crippen molar-refractivity contribution in [1.29, 1.82) is 0 Å². The van der Waals surface area contributed by atoms with Gasteiger partial charge in [-0.05, 0) is 0 Å². The van der Waals surface area contributed by atoms with E-state index in [4.69, 9.17) is 0 Å². The second kappa shape index (κ2) is 11.3. The second-order valence-electron chi connectivity index (χ2n) is 5.82. The Hall–Kier alpha value is 0.499. The van der Waals surface area contributed by atoms with Crippen LogP contribution in [0.4, 0.5) is 0 Å². The predicted octanol–water partition coefficient (Wildman–Crippen LogP) is 5.31. The minimum atomic E-state index is -2.09. The molecule has 0 aromatic carbocycles. The van der Waals surface area contributed by atoms with Crippen molar-refractivity contribution in [2.75, 3.05) is 6.61 Å². The molecule has 0 fully saturated rings. The average Bonchev–Trinajstić information content (AvgIpc) is 2.40. The molecule has 0 saturated heterocycles. The van der Waals surface area contributed by atoms with Crippen molar-refractivity contribution in [3.8, 4) is 0 Å². The Balaban J connectivity index is 4.84. The quantitative estimate of drug-likeness (QED) is 0.495. The van der Waals surface area contributed by atoms with Gasteiger partial charge < -0.3 is 0 Å². The Labute approximate surface area is 119 Å². The number of rotatable bonds is 11. The number of aliphatic hydroxyl groups excluding tert-OH is 1. The summed E-state index contributed by atoms with van der Waals surface area (Å²) < 4.78 is 7.11. The third-order valence-corrected chi connectivity index (χ3v) is 18.6. The van der Waals surface area contributed by atoms with Crippen LogP contribution in [0.15, 0.2) is 9.67 Å². The zero-order valence-electron chi connectivity index (χ0n) is 13.1. The molecule has 0 radical (unpaired) electrons. The van der Waals surface area contributed by atoms with Crippen molar-refractivity contribution < 1.29 is 5.11 Å². The molecule has 0 spiro atoms. The molecule has 1 nitrogen and oxygen atoms in total. The Morgan fingerprint density at radius 1 is 0.889 bits per heavy atom. The molecule has 18 heavy (non-hydrogen) atoms. The van der Waals surface area contributed by atoms with E-state index in [1.165, 1.54) is 57.4 Å². The Bertz CT molecular complexity index is 201. The third kappa shape index (κ3) is 7.83. The average molecular weight is 361 g/mol. The summed E-state index contributed by atoms with van der Waals surface area (Å²) in [6.45, 7) is 9.30. The zero-order valence-corrected chi connectivity index (χ0v) is 15.9. The molecule has 0 unspecified atom stereocenters. The summed E-state index contributed by atoms with van der Waals surface area (Å²) in [7, 11) is 0. The summed E-state index contributed by atoms with van der Waals surface area (Å²) in [5.41, 5.74) is 1.24. The fourth-order valence-corrected chi connectivity index (χ4v) is 18.4. The normalized spacial score (nSPS) is 13.1. The van der Waals surface area contributed by atoms with Crippen LogP contribution in [-0.2, 0) is 0 Å². The number of hydrogen-bond acceptors (Lipinski definition) is 1. The summed E-state index contributed by atoms with van der Waals surface area (Å²) >= 11 is -2.09. The number of hydrogen-bond donors (Lipinski definition) is 1. The van der Waals surface area contributed by atoms with Crippen LogP contribution in [0.3, 0.4) is 0 Å². The van der Waals surface area contributed by atoms with Crippen LogP contribution < -0.4 is 0 Å². The molecule has 0 rings (SSSR count). The molecule has 2 heteroatoms. The predicted molar refractivity (Wildman–Crippen MR) is 85.7 cm³/mol. The van der Waals surface area contributed by atoms with Crippen molar-refractivity contribution in [3.63, 3.8) is 0 Å². The molecular weight excluding hydrogens is 327 g/mol. The van der Waals surface area contributed by atoms with E-state index in [2.05, 4.69) is 31.8 Å². The van der Waals surface area contributed by atoms with Gasteiger partial charge in [0.1, 0.15) is 0 Å². The van der Waals surface area contributed by atoms with Gasteiger partial charge in [-0.2, -0.15) is 0 Å². The molecule has 0 bridgehead atoms.